The molecule has 0 fully saturated rings. The highest BCUT2D eigenvalue weighted by atomic mass is 16.2. The Hall–Kier alpha value is -2.87. The Morgan fingerprint density at radius 1 is 0.923 bits per heavy atom. The minimum absolute atomic E-state index is 0.0282. The molecule has 0 saturated heterocycles. The SMILES string of the molecule is CCc1ccc(C(=O)N2CCc3ccccc3C2c2ccccc2)cc1. The number of carbonyl (C=O) groups excluding carboxylic acids is 1. The highest BCUT2D eigenvalue weighted by Gasteiger charge is 2.32. The molecule has 2 nitrogen and oxygen atoms in total. The molecule has 0 bridgehead atoms. The maximum absolute atomic E-state index is 13.3. The minimum atomic E-state index is -0.0282. The van der Waals surface area contributed by atoms with E-state index >= 15 is 0 Å². The molecule has 0 radical (unpaired) electrons. The van der Waals surface area contributed by atoms with Crippen molar-refractivity contribution in [3.05, 3.63) is 107 Å². The van der Waals surface area contributed by atoms with Gasteiger partial charge >= 0.3 is 0 Å². The first-order chi connectivity index (χ1) is 12.8. The number of hydrogen-bond acceptors (Lipinski definition) is 1. The Labute approximate surface area is 155 Å². The molecule has 1 amide bonds. The van der Waals surface area contributed by atoms with Gasteiger partial charge < -0.3 is 4.90 Å². The first kappa shape index (κ1) is 16.6. The molecule has 1 aliphatic rings. The first-order valence-corrected chi connectivity index (χ1v) is 9.30. The van der Waals surface area contributed by atoms with Crippen molar-refractivity contribution in [2.75, 3.05) is 6.54 Å². The number of aryl methyl sites for hydroxylation is 1. The highest BCUT2D eigenvalue weighted by molar-refractivity contribution is 5.95. The third kappa shape index (κ3) is 3.03. The second kappa shape index (κ2) is 7.17. The van der Waals surface area contributed by atoms with Gasteiger partial charge in [-0.3, -0.25) is 4.79 Å². The van der Waals surface area contributed by atoms with Gasteiger partial charge in [-0.1, -0.05) is 73.7 Å². The van der Waals surface area contributed by atoms with Crippen LogP contribution in [0.3, 0.4) is 0 Å². The summed E-state index contributed by atoms with van der Waals surface area (Å²) in [6.45, 7) is 2.87. The molecule has 1 heterocycles. The van der Waals surface area contributed by atoms with E-state index in [1.807, 2.05) is 35.2 Å². The lowest BCUT2D eigenvalue weighted by Gasteiger charge is -2.38. The number of carbonyl (C=O) groups is 1. The van der Waals surface area contributed by atoms with Crippen molar-refractivity contribution in [1.82, 2.24) is 4.90 Å². The van der Waals surface area contributed by atoms with Crippen LogP contribution < -0.4 is 0 Å². The number of fused-ring (bicyclic) bond motifs is 1. The van der Waals surface area contributed by atoms with E-state index < -0.39 is 0 Å². The fourth-order valence-corrected chi connectivity index (χ4v) is 3.83. The van der Waals surface area contributed by atoms with Gasteiger partial charge in [0.25, 0.3) is 5.91 Å². The van der Waals surface area contributed by atoms with E-state index in [0.29, 0.717) is 0 Å². The van der Waals surface area contributed by atoms with E-state index in [-0.39, 0.29) is 11.9 Å². The molecule has 1 unspecified atom stereocenters. The number of amides is 1. The summed E-state index contributed by atoms with van der Waals surface area (Å²) < 4.78 is 0. The van der Waals surface area contributed by atoms with Gasteiger partial charge in [-0.2, -0.15) is 0 Å². The zero-order valence-corrected chi connectivity index (χ0v) is 15.1. The van der Waals surface area contributed by atoms with E-state index in [2.05, 4.69) is 55.5 Å². The molecule has 4 rings (SSSR count). The van der Waals surface area contributed by atoms with Crippen LogP contribution in [0, 0.1) is 0 Å². The van der Waals surface area contributed by atoms with Crippen molar-refractivity contribution in [3.8, 4) is 0 Å². The molecular formula is C24H23NO. The maximum Gasteiger partial charge on any atom is 0.254 e. The van der Waals surface area contributed by atoms with Crippen molar-refractivity contribution in [2.24, 2.45) is 0 Å². The molecule has 3 aromatic carbocycles. The molecule has 3 aromatic rings. The van der Waals surface area contributed by atoms with Crippen LogP contribution >= 0.6 is 0 Å². The van der Waals surface area contributed by atoms with Crippen molar-refractivity contribution >= 4 is 5.91 Å². The predicted octanol–water partition coefficient (Wildman–Crippen LogP) is 5.04. The summed E-state index contributed by atoms with van der Waals surface area (Å²) in [4.78, 5) is 15.3. The van der Waals surface area contributed by atoms with Gasteiger partial charge in [0.2, 0.25) is 0 Å². The standard InChI is InChI=1S/C24H23NO/c1-2-18-12-14-21(15-13-18)24(26)25-17-16-19-8-6-7-11-22(19)23(25)20-9-4-3-5-10-20/h3-15,23H,2,16-17H2,1H3. The molecular weight excluding hydrogens is 318 g/mol. The van der Waals surface area contributed by atoms with Crippen LogP contribution in [0.1, 0.15) is 45.6 Å². The van der Waals surface area contributed by atoms with E-state index in [1.54, 1.807) is 0 Å². The lowest BCUT2D eigenvalue weighted by atomic mass is 9.87. The third-order valence-electron chi connectivity index (χ3n) is 5.27. The summed E-state index contributed by atoms with van der Waals surface area (Å²) in [5.74, 6) is 0.107. The van der Waals surface area contributed by atoms with Crippen LogP contribution in [-0.4, -0.2) is 17.4 Å². The Kier molecular flexibility index (Phi) is 4.57. The number of rotatable bonds is 3. The lowest BCUT2D eigenvalue weighted by Crippen LogP contribution is -2.40. The van der Waals surface area contributed by atoms with Crippen molar-refractivity contribution in [3.63, 3.8) is 0 Å². The van der Waals surface area contributed by atoms with Gasteiger partial charge in [-0.05, 0) is 47.2 Å². The Morgan fingerprint density at radius 2 is 1.62 bits per heavy atom. The summed E-state index contributed by atoms with van der Waals surface area (Å²) in [5, 5.41) is 0. The summed E-state index contributed by atoms with van der Waals surface area (Å²) in [6, 6.07) is 26.9. The minimum Gasteiger partial charge on any atom is -0.327 e. The summed E-state index contributed by atoms with van der Waals surface area (Å²) >= 11 is 0. The smallest absolute Gasteiger partial charge is 0.254 e. The van der Waals surface area contributed by atoms with Gasteiger partial charge in [0.1, 0.15) is 0 Å². The molecule has 0 aromatic heterocycles. The molecule has 130 valence electrons. The normalized spacial score (nSPS) is 16.2. The Morgan fingerprint density at radius 3 is 2.35 bits per heavy atom. The van der Waals surface area contributed by atoms with Crippen LogP contribution in [0.5, 0.6) is 0 Å². The second-order valence-corrected chi connectivity index (χ2v) is 6.81. The maximum atomic E-state index is 13.3. The third-order valence-corrected chi connectivity index (χ3v) is 5.27. The van der Waals surface area contributed by atoms with Gasteiger partial charge in [-0.25, -0.2) is 0 Å². The predicted molar refractivity (Wildman–Crippen MR) is 105 cm³/mol. The average Bonchev–Trinajstić information content (AvgIpc) is 2.73. The zero-order valence-electron chi connectivity index (χ0n) is 15.1. The monoisotopic (exact) mass is 341 g/mol. The highest BCUT2D eigenvalue weighted by Crippen LogP contribution is 2.35. The average molecular weight is 341 g/mol. The van der Waals surface area contributed by atoms with Crippen LogP contribution in [-0.2, 0) is 12.8 Å². The van der Waals surface area contributed by atoms with Gasteiger partial charge in [0, 0.05) is 12.1 Å². The largest absolute Gasteiger partial charge is 0.327 e. The fourth-order valence-electron chi connectivity index (χ4n) is 3.83. The second-order valence-electron chi connectivity index (χ2n) is 6.81. The quantitative estimate of drug-likeness (QED) is 0.654. The molecule has 1 aliphatic heterocycles. The molecule has 1 atom stereocenters. The number of nitrogens with zero attached hydrogens (tertiary/aromatic N) is 1. The van der Waals surface area contributed by atoms with Crippen molar-refractivity contribution in [2.45, 2.75) is 25.8 Å². The molecule has 0 aliphatic carbocycles. The Balaban J connectivity index is 1.75. The van der Waals surface area contributed by atoms with Gasteiger partial charge in [0.15, 0.2) is 0 Å². The van der Waals surface area contributed by atoms with Crippen LogP contribution in [0.2, 0.25) is 0 Å². The van der Waals surface area contributed by atoms with E-state index in [9.17, 15) is 4.79 Å². The fraction of sp³-hybridized carbons (Fsp3) is 0.208. The van der Waals surface area contributed by atoms with Crippen LogP contribution in [0.15, 0.2) is 78.9 Å². The summed E-state index contributed by atoms with van der Waals surface area (Å²) in [7, 11) is 0. The topological polar surface area (TPSA) is 20.3 Å². The summed E-state index contributed by atoms with van der Waals surface area (Å²) in [5.41, 5.74) is 5.76. The molecule has 2 heteroatoms. The molecule has 0 saturated carbocycles. The van der Waals surface area contributed by atoms with Crippen LogP contribution in [0.25, 0.3) is 0 Å². The van der Waals surface area contributed by atoms with Gasteiger partial charge in [-0.15, -0.1) is 0 Å². The molecule has 0 spiro atoms. The Bertz CT molecular complexity index is 899. The van der Waals surface area contributed by atoms with E-state index in [4.69, 9.17) is 0 Å². The lowest BCUT2D eigenvalue weighted by molar-refractivity contribution is 0.0694. The van der Waals surface area contributed by atoms with Crippen LogP contribution in [0.4, 0.5) is 0 Å². The molecule has 26 heavy (non-hydrogen) atoms. The molecule has 0 N–H and O–H groups in total. The van der Waals surface area contributed by atoms with E-state index in [0.717, 1.165) is 30.5 Å². The number of benzene rings is 3. The van der Waals surface area contributed by atoms with E-state index in [1.165, 1.54) is 16.7 Å². The first-order valence-electron chi connectivity index (χ1n) is 9.30. The van der Waals surface area contributed by atoms with Crippen molar-refractivity contribution < 1.29 is 4.79 Å². The van der Waals surface area contributed by atoms with Gasteiger partial charge in [0.05, 0.1) is 6.04 Å². The number of hydrogen-bond donors (Lipinski definition) is 0. The van der Waals surface area contributed by atoms with Crippen molar-refractivity contribution in [1.29, 1.82) is 0 Å². The zero-order chi connectivity index (χ0) is 17.9. The summed E-state index contributed by atoms with van der Waals surface area (Å²) in [6.07, 6.45) is 1.89.